The standard InChI is InChI=1S/C33H56N4O7/c1-33(2,21-26-4-3-5-26)22-27-6-7-28(20-27)30(40)9-8-29(25-39)37-16-14-35(23-31(41)42)12-10-34(18-19-38)11-13-36(15-17-37)24-32(43)44/h19,25-29H,3-18,20-24H2,1-2H3,(H,41,42)(H,43,44). The summed E-state index contributed by atoms with van der Waals surface area (Å²) >= 11 is 0. The molecule has 3 rings (SSSR count). The number of hydrogen-bond acceptors (Lipinski definition) is 9. The summed E-state index contributed by atoms with van der Waals surface area (Å²) in [6.07, 6.45) is 11.9. The third-order valence-corrected chi connectivity index (χ3v) is 10.1. The van der Waals surface area contributed by atoms with E-state index in [2.05, 4.69) is 13.8 Å². The van der Waals surface area contributed by atoms with Crippen LogP contribution in [0.3, 0.4) is 0 Å². The van der Waals surface area contributed by atoms with Gasteiger partial charge in [0.05, 0.1) is 25.7 Å². The zero-order valence-electron chi connectivity index (χ0n) is 27.0. The molecule has 3 aliphatic rings. The van der Waals surface area contributed by atoms with E-state index in [0.717, 1.165) is 37.8 Å². The van der Waals surface area contributed by atoms with E-state index in [1.165, 1.54) is 32.1 Å². The second kappa shape index (κ2) is 18.1. The highest BCUT2D eigenvalue weighted by atomic mass is 16.4. The molecule has 2 saturated carbocycles. The Balaban J connectivity index is 1.59. The summed E-state index contributed by atoms with van der Waals surface area (Å²) in [5, 5.41) is 18.9. The summed E-state index contributed by atoms with van der Waals surface area (Å²) in [5.41, 5.74) is 0.313. The van der Waals surface area contributed by atoms with Crippen LogP contribution in [0.5, 0.6) is 0 Å². The number of carboxylic acids is 2. The van der Waals surface area contributed by atoms with E-state index >= 15 is 0 Å². The summed E-state index contributed by atoms with van der Waals surface area (Å²) < 4.78 is 0. The van der Waals surface area contributed by atoms with Crippen LogP contribution in [0, 0.1) is 23.2 Å². The number of carbonyl (C=O) groups is 5. The molecular weight excluding hydrogens is 564 g/mol. The molecule has 11 nitrogen and oxygen atoms in total. The fourth-order valence-electron chi connectivity index (χ4n) is 7.60. The highest BCUT2D eigenvalue weighted by Crippen LogP contribution is 2.45. The van der Waals surface area contributed by atoms with Crippen molar-refractivity contribution in [1.82, 2.24) is 19.6 Å². The van der Waals surface area contributed by atoms with Gasteiger partial charge < -0.3 is 19.8 Å². The van der Waals surface area contributed by atoms with Crippen molar-refractivity contribution in [3.05, 3.63) is 0 Å². The van der Waals surface area contributed by atoms with E-state index in [1.807, 2.05) is 19.6 Å². The van der Waals surface area contributed by atoms with Gasteiger partial charge in [0.2, 0.25) is 0 Å². The Labute approximate surface area is 263 Å². The van der Waals surface area contributed by atoms with Crippen LogP contribution in [0.1, 0.15) is 78.1 Å². The van der Waals surface area contributed by atoms with Gasteiger partial charge in [0.15, 0.2) is 0 Å². The Morgan fingerprint density at radius 2 is 1.32 bits per heavy atom. The van der Waals surface area contributed by atoms with Crippen molar-refractivity contribution in [2.75, 3.05) is 72.0 Å². The minimum absolute atomic E-state index is 0.0598. The summed E-state index contributed by atoms with van der Waals surface area (Å²) in [7, 11) is 0. The van der Waals surface area contributed by atoms with E-state index in [4.69, 9.17) is 0 Å². The number of Topliss-reactive ketones (excluding diaryl/α,β-unsaturated/α-hetero) is 1. The van der Waals surface area contributed by atoms with E-state index in [-0.39, 0.29) is 31.3 Å². The smallest absolute Gasteiger partial charge is 0.317 e. The molecule has 0 spiro atoms. The third kappa shape index (κ3) is 12.7. The summed E-state index contributed by atoms with van der Waals surface area (Å²) in [6.45, 7) is 8.07. The summed E-state index contributed by atoms with van der Waals surface area (Å²) in [6, 6.07) is -0.509. The third-order valence-electron chi connectivity index (χ3n) is 10.1. The Kier molecular flexibility index (Phi) is 14.9. The van der Waals surface area contributed by atoms with Crippen molar-refractivity contribution >= 4 is 30.3 Å². The fourth-order valence-corrected chi connectivity index (χ4v) is 7.60. The molecule has 2 aliphatic carbocycles. The SMILES string of the molecule is CC(C)(CC1CCC1)CC1CCC(C(=O)CCC(C=O)N2CCN(CC(=O)O)CCN(CC=O)CCN(CC(=O)O)CC2)C1. The van der Waals surface area contributed by atoms with Crippen molar-refractivity contribution in [2.45, 2.75) is 84.1 Å². The maximum atomic E-state index is 13.3. The second-order valence-corrected chi connectivity index (χ2v) is 14.3. The number of hydrogen-bond donors (Lipinski definition) is 2. The zero-order chi connectivity index (χ0) is 32.1. The van der Waals surface area contributed by atoms with Gasteiger partial charge in [-0.1, -0.05) is 33.1 Å². The van der Waals surface area contributed by atoms with E-state index in [0.29, 0.717) is 76.5 Å². The Hall–Kier alpha value is -2.21. The Morgan fingerprint density at radius 3 is 1.82 bits per heavy atom. The molecule has 0 bridgehead atoms. The first-order chi connectivity index (χ1) is 21.0. The number of carbonyl (C=O) groups excluding carboxylic acids is 3. The van der Waals surface area contributed by atoms with Crippen molar-refractivity contribution in [1.29, 1.82) is 0 Å². The summed E-state index contributed by atoms with van der Waals surface area (Å²) in [4.78, 5) is 67.5. The van der Waals surface area contributed by atoms with Gasteiger partial charge >= 0.3 is 11.9 Å². The molecule has 0 aromatic rings. The fraction of sp³-hybridized carbons (Fsp3) is 0.848. The maximum absolute atomic E-state index is 13.3. The highest BCUT2D eigenvalue weighted by Gasteiger charge is 2.35. The Bertz CT molecular complexity index is 924. The van der Waals surface area contributed by atoms with Gasteiger partial charge in [-0.2, -0.15) is 0 Å². The van der Waals surface area contributed by atoms with Gasteiger partial charge in [-0.3, -0.25) is 34.0 Å². The molecule has 44 heavy (non-hydrogen) atoms. The van der Waals surface area contributed by atoms with Crippen molar-refractivity contribution < 1.29 is 34.2 Å². The van der Waals surface area contributed by atoms with Crippen LogP contribution >= 0.6 is 0 Å². The van der Waals surface area contributed by atoms with Gasteiger partial charge in [-0.15, -0.1) is 0 Å². The number of ketones is 1. The van der Waals surface area contributed by atoms with E-state index < -0.39 is 18.0 Å². The molecule has 0 radical (unpaired) electrons. The van der Waals surface area contributed by atoms with Crippen LogP contribution in [0.2, 0.25) is 0 Å². The monoisotopic (exact) mass is 620 g/mol. The second-order valence-electron chi connectivity index (χ2n) is 14.3. The average molecular weight is 621 g/mol. The maximum Gasteiger partial charge on any atom is 0.317 e. The van der Waals surface area contributed by atoms with Crippen LogP contribution < -0.4 is 0 Å². The number of rotatable bonds is 16. The largest absolute Gasteiger partial charge is 0.480 e. The molecule has 1 aliphatic heterocycles. The first-order valence-electron chi connectivity index (χ1n) is 16.7. The van der Waals surface area contributed by atoms with E-state index in [1.54, 1.807) is 0 Å². The number of nitrogens with zero attached hydrogens (tertiary/aromatic N) is 4. The quantitative estimate of drug-likeness (QED) is 0.246. The lowest BCUT2D eigenvalue weighted by Gasteiger charge is -2.36. The summed E-state index contributed by atoms with van der Waals surface area (Å²) in [5.74, 6) is -0.141. The molecule has 0 aromatic carbocycles. The predicted molar refractivity (Wildman–Crippen MR) is 168 cm³/mol. The average Bonchev–Trinajstić information content (AvgIpc) is 3.39. The molecule has 11 heteroatoms. The molecule has 250 valence electrons. The molecule has 3 atom stereocenters. The molecule has 0 aromatic heterocycles. The van der Waals surface area contributed by atoms with Gasteiger partial charge in [-0.25, -0.2) is 0 Å². The van der Waals surface area contributed by atoms with Crippen LogP contribution in [0.15, 0.2) is 0 Å². The lowest BCUT2D eigenvalue weighted by molar-refractivity contribution is -0.139. The minimum Gasteiger partial charge on any atom is -0.480 e. The molecule has 1 heterocycles. The van der Waals surface area contributed by atoms with Crippen LogP contribution in [-0.4, -0.2) is 138 Å². The lowest BCUT2D eigenvalue weighted by Crippen LogP contribution is -2.50. The van der Waals surface area contributed by atoms with Crippen LogP contribution in [0.25, 0.3) is 0 Å². The van der Waals surface area contributed by atoms with Crippen LogP contribution in [-0.2, 0) is 24.0 Å². The predicted octanol–water partition coefficient (Wildman–Crippen LogP) is 2.52. The molecule has 3 fully saturated rings. The van der Waals surface area contributed by atoms with Crippen molar-refractivity contribution in [3.8, 4) is 0 Å². The molecular formula is C33H56N4O7. The number of aldehydes is 2. The van der Waals surface area contributed by atoms with E-state index in [9.17, 15) is 34.2 Å². The van der Waals surface area contributed by atoms with Crippen molar-refractivity contribution in [3.63, 3.8) is 0 Å². The van der Waals surface area contributed by atoms with Gasteiger partial charge in [0.25, 0.3) is 0 Å². The minimum atomic E-state index is -0.947. The molecule has 2 N–H and O–H groups in total. The van der Waals surface area contributed by atoms with Crippen LogP contribution in [0.4, 0.5) is 0 Å². The molecule has 3 unspecified atom stereocenters. The van der Waals surface area contributed by atoms with Crippen molar-refractivity contribution in [2.24, 2.45) is 23.2 Å². The molecule has 0 amide bonds. The number of aliphatic carboxylic acids is 2. The topological polar surface area (TPSA) is 139 Å². The van der Waals surface area contributed by atoms with Gasteiger partial charge in [0.1, 0.15) is 18.4 Å². The lowest BCUT2D eigenvalue weighted by atomic mass is 9.70. The number of carboxylic acid groups (broad SMARTS) is 2. The van der Waals surface area contributed by atoms with Gasteiger partial charge in [0, 0.05) is 64.7 Å². The van der Waals surface area contributed by atoms with Gasteiger partial charge in [-0.05, 0) is 55.8 Å². The normalized spacial score (nSPS) is 25.0. The Morgan fingerprint density at radius 1 is 0.773 bits per heavy atom. The highest BCUT2D eigenvalue weighted by molar-refractivity contribution is 5.81. The zero-order valence-corrected chi connectivity index (χ0v) is 27.0. The first kappa shape index (κ1) is 36.3. The first-order valence-corrected chi connectivity index (χ1v) is 16.7. The molecule has 1 saturated heterocycles.